The maximum absolute atomic E-state index is 13.9. The number of aromatic amines is 1. The first kappa shape index (κ1) is 13.7. The molecule has 0 spiro atoms. The van der Waals surface area contributed by atoms with Crippen molar-refractivity contribution in [3.8, 4) is 0 Å². The fraction of sp³-hybridized carbons (Fsp3) is 0.500. The molecule has 108 valence electrons. The van der Waals surface area contributed by atoms with E-state index in [0.29, 0.717) is 23.4 Å². The molecular weight excluding hydrogens is 282 g/mol. The Hall–Kier alpha value is -1.27. The number of hydrogen-bond donors (Lipinski definition) is 1. The standard InChI is InChI=1S/C14H16F2N2OS/c15-10-4-5-11-13(12(10)16)18(14(20)17-11)6-1-7-19-8-9-2-3-9/h4-5,9H,1-3,6-8H2,(H,17,20). The highest BCUT2D eigenvalue weighted by molar-refractivity contribution is 7.71. The van der Waals surface area contributed by atoms with Crippen molar-refractivity contribution < 1.29 is 13.5 Å². The number of imidazole rings is 1. The van der Waals surface area contributed by atoms with Gasteiger partial charge in [0.1, 0.15) is 5.52 Å². The van der Waals surface area contributed by atoms with Gasteiger partial charge in [0.15, 0.2) is 16.4 Å². The minimum absolute atomic E-state index is 0.206. The molecule has 0 saturated heterocycles. The zero-order chi connectivity index (χ0) is 14.1. The lowest BCUT2D eigenvalue weighted by atomic mass is 10.3. The van der Waals surface area contributed by atoms with Crippen molar-refractivity contribution in [3.63, 3.8) is 0 Å². The van der Waals surface area contributed by atoms with Crippen LogP contribution in [0.2, 0.25) is 0 Å². The van der Waals surface area contributed by atoms with E-state index in [-0.39, 0.29) is 5.52 Å². The predicted octanol–water partition coefficient (Wildman–Crippen LogP) is 3.79. The maximum Gasteiger partial charge on any atom is 0.184 e. The third-order valence-corrected chi connectivity index (χ3v) is 3.87. The average Bonchev–Trinajstić information content (AvgIpc) is 3.18. The van der Waals surface area contributed by atoms with Crippen LogP contribution in [0.1, 0.15) is 19.3 Å². The molecule has 1 aliphatic rings. The lowest BCUT2D eigenvalue weighted by molar-refractivity contribution is 0.119. The highest BCUT2D eigenvalue weighted by Crippen LogP contribution is 2.28. The summed E-state index contributed by atoms with van der Waals surface area (Å²) in [5.41, 5.74) is 0.727. The van der Waals surface area contributed by atoms with Gasteiger partial charge in [-0.25, -0.2) is 8.78 Å². The van der Waals surface area contributed by atoms with E-state index < -0.39 is 11.6 Å². The molecule has 1 aliphatic carbocycles. The van der Waals surface area contributed by atoms with Crippen LogP contribution in [0.25, 0.3) is 11.0 Å². The van der Waals surface area contributed by atoms with E-state index in [1.165, 1.54) is 18.9 Å². The molecule has 0 unspecified atom stereocenters. The number of ether oxygens (including phenoxy) is 1. The van der Waals surface area contributed by atoms with E-state index in [2.05, 4.69) is 4.98 Å². The molecule has 3 rings (SSSR count). The van der Waals surface area contributed by atoms with Gasteiger partial charge in [0, 0.05) is 19.8 Å². The highest BCUT2D eigenvalue weighted by Gasteiger charge is 2.21. The molecule has 0 radical (unpaired) electrons. The summed E-state index contributed by atoms with van der Waals surface area (Å²) < 4.78 is 34.7. The van der Waals surface area contributed by atoms with Crippen LogP contribution in [0, 0.1) is 22.3 Å². The van der Waals surface area contributed by atoms with E-state index in [0.717, 1.165) is 25.0 Å². The van der Waals surface area contributed by atoms with Crippen LogP contribution in [-0.2, 0) is 11.3 Å². The summed E-state index contributed by atoms with van der Waals surface area (Å²) in [5, 5.41) is 0. The third-order valence-electron chi connectivity index (χ3n) is 3.55. The van der Waals surface area contributed by atoms with Crippen molar-refractivity contribution in [2.75, 3.05) is 13.2 Å². The molecule has 0 bridgehead atoms. The first-order chi connectivity index (χ1) is 9.66. The number of nitrogens with zero attached hydrogens (tertiary/aromatic N) is 1. The van der Waals surface area contributed by atoms with Crippen molar-refractivity contribution in [3.05, 3.63) is 28.5 Å². The Morgan fingerprint density at radius 2 is 2.15 bits per heavy atom. The molecule has 20 heavy (non-hydrogen) atoms. The smallest absolute Gasteiger partial charge is 0.184 e. The van der Waals surface area contributed by atoms with Gasteiger partial charge in [-0.15, -0.1) is 0 Å². The van der Waals surface area contributed by atoms with Crippen molar-refractivity contribution in [2.24, 2.45) is 5.92 Å². The topological polar surface area (TPSA) is 29.9 Å². The molecule has 2 aromatic rings. The van der Waals surface area contributed by atoms with Crippen LogP contribution >= 0.6 is 12.2 Å². The van der Waals surface area contributed by atoms with Crippen molar-refractivity contribution >= 4 is 23.3 Å². The lowest BCUT2D eigenvalue weighted by Crippen LogP contribution is -2.05. The molecule has 0 atom stereocenters. The second-order valence-electron chi connectivity index (χ2n) is 5.21. The third kappa shape index (κ3) is 2.76. The van der Waals surface area contributed by atoms with Crippen LogP contribution < -0.4 is 0 Å². The van der Waals surface area contributed by atoms with Gasteiger partial charge in [-0.05, 0) is 49.5 Å². The number of rotatable bonds is 6. The molecule has 0 amide bonds. The Balaban J connectivity index is 1.71. The normalized spacial score (nSPS) is 15.1. The van der Waals surface area contributed by atoms with Crippen LogP contribution in [-0.4, -0.2) is 22.8 Å². The molecule has 1 heterocycles. The molecule has 1 saturated carbocycles. The Bertz CT molecular complexity index is 676. The molecule has 6 heteroatoms. The SMILES string of the molecule is Fc1ccc2[nH]c(=S)n(CCCOCC3CC3)c2c1F. The molecule has 1 fully saturated rings. The Kier molecular flexibility index (Phi) is 3.85. The Morgan fingerprint density at radius 3 is 2.90 bits per heavy atom. The number of H-pyrrole nitrogens is 1. The van der Waals surface area contributed by atoms with Gasteiger partial charge >= 0.3 is 0 Å². The number of halogens is 2. The number of benzene rings is 1. The fourth-order valence-corrected chi connectivity index (χ4v) is 2.55. The predicted molar refractivity (Wildman–Crippen MR) is 75.2 cm³/mol. The van der Waals surface area contributed by atoms with Gasteiger partial charge in [-0.1, -0.05) is 0 Å². The molecular formula is C14H16F2N2OS. The second-order valence-corrected chi connectivity index (χ2v) is 5.60. The Morgan fingerprint density at radius 1 is 1.35 bits per heavy atom. The summed E-state index contributed by atoms with van der Waals surface area (Å²) in [6.45, 7) is 1.94. The number of aromatic nitrogens is 2. The largest absolute Gasteiger partial charge is 0.381 e. The summed E-state index contributed by atoms with van der Waals surface area (Å²) >= 11 is 5.16. The van der Waals surface area contributed by atoms with E-state index in [9.17, 15) is 8.78 Å². The molecule has 1 aromatic carbocycles. The number of aryl methyl sites for hydroxylation is 1. The number of nitrogens with one attached hydrogen (secondary N) is 1. The maximum atomic E-state index is 13.9. The van der Waals surface area contributed by atoms with E-state index in [4.69, 9.17) is 17.0 Å². The highest BCUT2D eigenvalue weighted by atomic mass is 32.1. The van der Waals surface area contributed by atoms with Crippen LogP contribution in [0.4, 0.5) is 8.78 Å². The minimum Gasteiger partial charge on any atom is -0.381 e. The monoisotopic (exact) mass is 298 g/mol. The number of fused-ring (bicyclic) bond motifs is 1. The van der Waals surface area contributed by atoms with Gasteiger partial charge in [-0.3, -0.25) is 0 Å². The van der Waals surface area contributed by atoms with Gasteiger partial charge in [0.25, 0.3) is 0 Å². The van der Waals surface area contributed by atoms with Gasteiger partial charge < -0.3 is 14.3 Å². The molecule has 1 N–H and O–H groups in total. The summed E-state index contributed by atoms with van der Waals surface area (Å²) in [7, 11) is 0. The lowest BCUT2D eigenvalue weighted by Gasteiger charge is -2.06. The van der Waals surface area contributed by atoms with Gasteiger partial charge in [-0.2, -0.15) is 0 Å². The molecule has 3 nitrogen and oxygen atoms in total. The van der Waals surface area contributed by atoms with Crippen molar-refractivity contribution in [1.29, 1.82) is 0 Å². The van der Waals surface area contributed by atoms with E-state index >= 15 is 0 Å². The number of hydrogen-bond acceptors (Lipinski definition) is 2. The quantitative estimate of drug-likeness (QED) is 0.649. The molecule has 0 aliphatic heterocycles. The fourth-order valence-electron chi connectivity index (χ4n) is 2.26. The van der Waals surface area contributed by atoms with Crippen LogP contribution in [0.3, 0.4) is 0 Å². The van der Waals surface area contributed by atoms with E-state index in [1.54, 1.807) is 4.57 Å². The summed E-state index contributed by atoms with van der Waals surface area (Å²) in [4.78, 5) is 2.89. The van der Waals surface area contributed by atoms with Crippen LogP contribution in [0.5, 0.6) is 0 Å². The first-order valence-corrected chi connectivity index (χ1v) is 7.22. The van der Waals surface area contributed by atoms with Gasteiger partial charge in [0.2, 0.25) is 0 Å². The summed E-state index contributed by atoms with van der Waals surface area (Å²) in [5.74, 6) is -0.976. The van der Waals surface area contributed by atoms with Crippen molar-refractivity contribution in [1.82, 2.24) is 9.55 Å². The summed E-state index contributed by atoms with van der Waals surface area (Å²) in [6, 6.07) is 2.61. The first-order valence-electron chi connectivity index (χ1n) is 6.81. The Labute approximate surface area is 120 Å². The zero-order valence-electron chi connectivity index (χ0n) is 11.0. The van der Waals surface area contributed by atoms with E-state index in [1.807, 2.05) is 0 Å². The van der Waals surface area contributed by atoms with Crippen molar-refractivity contribution in [2.45, 2.75) is 25.8 Å². The second kappa shape index (κ2) is 5.61. The molecule has 1 aromatic heterocycles. The minimum atomic E-state index is -0.856. The van der Waals surface area contributed by atoms with Crippen LogP contribution in [0.15, 0.2) is 12.1 Å². The zero-order valence-corrected chi connectivity index (χ0v) is 11.8. The summed E-state index contributed by atoms with van der Waals surface area (Å²) in [6.07, 6.45) is 3.25. The average molecular weight is 298 g/mol. The van der Waals surface area contributed by atoms with Gasteiger partial charge in [0.05, 0.1) is 5.52 Å².